The molecule has 0 bridgehead atoms. The molecule has 0 amide bonds. The molecule has 0 rings (SSSR count). The molecule has 0 aliphatic heterocycles. The van der Waals surface area contributed by atoms with Crippen molar-refractivity contribution in [3.05, 3.63) is 23.8 Å². The van der Waals surface area contributed by atoms with E-state index in [0.717, 1.165) is 25.9 Å². The Kier molecular flexibility index (Phi) is 59.2. The Balaban J connectivity index is -0.000000209. The van der Waals surface area contributed by atoms with E-state index in [1.54, 1.807) is 11.9 Å². The van der Waals surface area contributed by atoms with Crippen LogP contribution in [-0.2, 0) is 0 Å². The third-order valence-corrected chi connectivity index (χ3v) is 7.73. The zero-order valence-corrected chi connectivity index (χ0v) is 33.0. The van der Waals surface area contributed by atoms with Gasteiger partial charge in [-0.1, -0.05) is 184 Å². The SMILES string of the molecule is C=C(CCCCCCC)C(=N\SC)/C(=C/CCCC(C)C)CC.CC.CCCCCCCCCCCCCCC.CO.Cl. The number of allylic oxidation sites excluding steroid dienone is 3. The quantitative estimate of drug-likeness (QED) is 0.0575. The summed E-state index contributed by atoms with van der Waals surface area (Å²) in [6.07, 6.45) is 35.8. The van der Waals surface area contributed by atoms with Crippen LogP contribution in [0.2, 0.25) is 0 Å². The molecular formula is C39H82ClNOS. The summed E-state index contributed by atoms with van der Waals surface area (Å²) in [5.41, 5.74) is 3.79. The van der Waals surface area contributed by atoms with Crippen LogP contribution in [0.3, 0.4) is 0 Å². The van der Waals surface area contributed by atoms with E-state index in [1.807, 2.05) is 20.1 Å². The van der Waals surface area contributed by atoms with Crippen molar-refractivity contribution in [3.63, 3.8) is 0 Å². The Morgan fingerprint density at radius 2 is 1.05 bits per heavy atom. The van der Waals surface area contributed by atoms with Gasteiger partial charge in [0, 0.05) is 13.4 Å². The van der Waals surface area contributed by atoms with Crippen LogP contribution < -0.4 is 0 Å². The molecule has 0 radical (unpaired) electrons. The van der Waals surface area contributed by atoms with Gasteiger partial charge in [0.25, 0.3) is 0 Å². The van der Waals surface area contributed by atoms with E-state index in [-0.39, 0.29) is 12.4 Å². The second-order valence-corrected chi connectivity index (χ2v) is 12.2. The number of unbranched alkanes of at least 4 members (excludes halogenated alkanes) is 17. The predicted molar refractivity (Wildman–Crippen MR) is 209 cm³/mol. The van der Waals surface area contributed by atoms with Gasteiger partial charge in [0.15, 0.2) is 0 Å². The number of nitrogens with zero attached hydrogens (tertiary/aromatic N) is 1. The van der Waals surface area contributed by atoms with Gasteiger partial charge in [-0.05, 0) is 61.1 Å². The third-order valence-electron chi connectivity index (χ3n) is 7.37. The fourth-order valence-electron chi connectivity index (χ4n) is 4.80. The van der Waals surface area contributed by atoms with E-state index < -0.39 is 0 Å². The van der Waals surface area contributed by atoms with Crippen molar-refractivity contribution in [1.82, 2.24) is 0 Å². The molecule has 0 saturated heterocycles. The van der Waals surface area contributed by atoms with E-state index in [2.05, 4.69) is 58.6 Å². The molecule has 0 aromatic heterocycles. The summed E-state index contributed by atoms with van der Waals surface area (Å²) in [5.74, 6) is 0.797. The summed E-state index contributed by atoms with van der Waals surface area (Å²) >= 11 is 1.56. The fourth-order valence-corrected chi connectivity index (χ4v) is 5.23. The summed E-state index contributed by atoms with van der Waals surface area (Å²) < 4.78 is 4.69. The highest BCUT2D eigenvalue weighted by molar-refractivity contribution is 7.97. The topological polar surface area (TPSA) is 32.6 Å². The molecular weight excluding hydrogens is 566 g/mol. The van der Waals surface area contributed by atoms with Crippen LogP contribution in [-0.4, -0.2) is 24.2 Å². The molecule has 1 N–H and O–H groups in total. The Morgan fingerprint density at radius 3 is 1.37 bits per heavy atom. The maximum Gasteiger partial charge on any atom is 0.0767 e. The molecule has 0 aliphatic rings. The molecule has 0 spiro atoms. The summed E-state index contributed by atoms with van der Waals surface area (Å²) in [6.45, 7) is 22.0. The fraction of sp³-hybridized carbons (Fsp3) is 0.872. The van der Waals surface area contributed by atoms with Crippen LogP contribution in [0.5, 0.6) is 0 Å². The number of aliphatic hydroxyl groups excluding tert-OH is 1. The Morgan fingerprint density at radius 1 is 0.674 bits per heavy atom. The molecule has 2 nitrogen and oxygen atoms in total. The number of hydrogen-bond acceptors (Lipinski definition) is 3. The molecule has 0 saturated carbocycles. The minimum Gasteiger partial charge on any atom is -0.400 e. The van der Waals surface area contributed by atoms with E-state index in [0.29, 0.717) is 0 Å². The van der Waals surface area contributed by atoms with E-state index in [4.69, 9.17) is 5.11 Å². The molecule has 0 fully saturated rings. The van der Waals surface area contributed by atoms with Gasteiger partial charge in [-0.25, -0.2) is 4.40 Å². The smallest absolute Gasteiger partial charge is 0.0767 e. The number of hydrogen-bond donors (Lipinski definition) is 1. The minimum atomic E-state index is 0. The van der Waals surface area contributed by atoms with Crippen molar-refractivity contribution < 1.29 is 5.11 Å². The highest BCUT2D eigenvalue weighted by Gasteiger charge is 2.10. The first-order chi connectivity index (χ1) is 20.5. The molecule has 0 aromatic rings. The monoisotopic (exact) mass is 648 g/mol. The summed E-state index contributed by atoms with van der Waals surface area (Å²) in [5, 5.41) is 7.00. The highest BCUT2D eigenvalue weighted by Crippen LogP contribution is 2.21. The van der Waals surface area contributed by atoms with E-state index >= 15 is 0 Å². The molecule has 0 unspecified atom stereocenters. The van der Waals surface area contributed by atoms with Crippen molar-refractivity contribution >= 4 is 30.1 Å². The van der Waals surface area contributed by atoms with Crippen LogP contribution in [0.4, 0.5) is 0 Å². The van der Waals surface area contributed by atoms with Crippen LogP contribution in [0, 0.1) is 5.92 Å². The van der Waals surface area contributed by atoms with Crippen LogP contribution in [0.25, 0.3) is 0 Å². The summed E-state index contributed by atoms with van der Waals surface area (Å²) in [4.78, 5) is 0. The summed E-state index contributed by atoms with van der Waals surface area (Å²) in [6, 6.07) is 0. The Labute approximate surface area is 284 Å². The average Bonchev–Trinajstić information content (AvgIpc) is 3.01. The molecule has 43 heavy (non-hydrogen) atoms. The maximum atomic E-state index is 7.00. The zero-order chi connectivity index (χ0) is 32.7. The lowest BCUT2D eigenvalue weighted by Crippen LogP contribution is -2.06. The zero-order valence-electron chi connectivity index (χ0n) is 31.3. The Hall–Kier alpha value is -0.250. The van der Waals surface area contributed by atoms with Crippen LogP contribution in [0.1, 0.15) is 203 Å². The van der Waals surface area contributed by atoms with Gasteiger partial charge in [-0.15, -0.1) is 12.4 Å². The first-order valence-corrected chi connectivity index (χ1v) is 19.6. The van der Waals surface area contributed by atoms with Gasteiger partial charge < -0.3 is 5.11 Å². The molecule has 0 aliphatic carbocycles. The molecule has 0 aromatic carbocycles. The lowest BCUT2D eigenvalue weighted by molar-refractivity contribution is 0.399. The van der Waals surface area contributed by atoms with Crippen molar-refractivity contribution in [2.75, 3.05) is 13.4 Å². The van der Waals surface area contributed by atoms with Gasteiger partial charge in [-0.3, -0.25) is 0 Å². The molecule has 0 heterocycles. The number of halogens is 1. The molecule has 262 valence electrons. The average molecular weight is 649 g/mol. The maximum absolute atomic E-state index is 7.00. The Bertz CT molecular complexity index is 547. The molecule has 0 atom stereocenters. The summed E-state index contributed by atoms with van der Waals surface area (Å²) in [7, 11) is 1.00. The normalized spacial score (nSPS) is 11.0. The van der Waals surface area contributed by atoms with Crippen molar-refractivity contribution in [2.24, 2.45) is 10.3 Å². The van der Waals surface area contributed by atoms with Crippen LogP contribution in [0.15, 0.2) is 28.2 Å². The predicted octanol–water partition coefficient (Wildman–Crippen LogP) is 14.9. The largest absolute Gasteiger partial charge is 0.400 e. The first kappa shape index (κ1) is 52.3. The third kappa shape index (κ3) is 43.9. The van der Waals surface area contributed by atoms with Gasteiger partial charge in [-0.2, -0.15) is 0 Å². The second kappa shape index (κ2) is 48.6. The second-order valence-electron chi connectivity index (χ2n) is 11.7. The van der Waals surface area contributed by atoms with Crippen molar-refractivity contribution in [2.45, 2.75) is 203 Å². The van der Waals surface area contributed by atoms with E-state index in [9.17, 15) is 0 Å². The van der Waals surface area contributed by atoms with Crippen molar-refractivity contribution in [1.29, 1.82) is 0 Å². The van der Waals surface area contributed by atoms with Crippen molar-refractivity contribution in [3.8, 4) is 0 Å². The first-order valence-electron chi connectivity index (χ1n) is 18.4. The van der Waals surface area contributed by atoms with Gasteiger partial charge in [0.2, 0.25) is 0 Å². The van der Waals surface area contributed by atoms with Gasteiger partial charge in [0.05, 0.1) is 5.71 Å². The lowest BCUT2D eigenvalue weighted by Gasteiger charge is -2.13. The standard InChI is InChI=1S/C21H39NS.C15H32.C2H6.CH4O.ClH/c1-7-9-10-11-12-16-19(5)21(22-23-6)20(8-2)17-14-13-15-18(3)4;1-3-5-7-9-11-13-15-14-12-10-8-6-4-2;2*1-2;/h17-18H,5,7-16H2,1-4,6H3;3-15H2,1-2H3;1-2H3;2H,1H3;1H/b20-17+,22-21+;;;;. The van der Waals surface area contributed by atoms with Gasteiger partial charge >= 0.3 is 0 Å². The van der Waals surface area contributed by atoms with Gasteiger partial charge in [0.1, 0.15) is 0 Å². The van der Waals surface area contributed by atoms with Crippen LogP contribution >= 0.6 is 24.4 Å². The number of aliphatic hydroxyl groups is 1. The van der Waals surface area contributed by atoms with E-state index in [1.165, 1.54) is 152 Å². The highest BCUT2D eigenvalue weighted by atomic mass is 35.5. The minimum absolute atomic E-state index is 0. The molecule has 4 heteroatoms. The number of rotatable bonds is 26. The lowest BCUT2D eigenvalue weighted by atomic mass is 9.95.